The fraction of sp³-hybridized carbons (Fsp3) is 0.500. The zero-order valence-corrected chi connectivity index (χ0v) is 12.7. The minimum absolute atomic E-state index is 0.0519. The number of anilines is 1. The maximum atomic E-state index is 12.0. The minimum atomic E-state index is -0.0519. The van der Waals surface area contributed by atoms with Crippen molar-refractivity contribution in [2.24, 2.45) is 0 Å². The SMILES string of the molecule is CCN(CC)C(=O)CCCN1C(=O)COc2ccccc21. The summed E-state index contributed by atoms with van der Waals surface area (Å²) in [6.07, 6.45) is 1.13. The van der Waals surface area contributed by atoms with E-state index in [4.69, 9.17) is 4.74 Å². The van der Waals surface area contributed by atoms with Crippen molar-refractivity contribution in [1.29, 1.82) is 0 Å². The number of nitrogens with zero attached hydrogens (tertiary/aromatic N) is 2. The third-order valence-electron chi connectivity index (χ3n) is 3.70. The smallest absolute Gasteiger partial charge is 0.265 e. The quantitative estimate of drug-likeness (QED) is 0.806. The van der Waals surface area contributed by atoms with Crippen LogP contribution < -0.4 is 9.64 Å². The van der Waals surface area contributed by atoms with Crippen LogP contribution in [0.3, 0.4) is 0 Å². The number of hydrogen-bond acceptors (Lipinski definition) is 3. The Labute approximate surface area is 125 Å². The monoisotopic (exact) mass is 290 g/mol. The molecular weight excluding hydrogens is 268 g/mol. The summed E-state index contributed by atoms with van der Waals surface area (Å²) in [5, 5.41) is 0. The van der Waals surface area contributed by atoms with Crippen LogP contribution >= 0.6 is 0 Å². The molecule has 0 spiro atoms. The first-order valence-electron chi connectivity index (χ1n) is 7.47. The lowest BCUT2D eigenvalue weighted by Crippen LogP contribution is -2.40. The Morgan fingerprint density at radius 2 is 2.00 bits per heavy atom. The Bertz CT molecular complexity index is 512. The number of hydrogen-bond donors (Lipinski definition) is 0. The maximum Gasteiger partial charge on any atom is 0.265 e. The first kappa shape index (κ1) is 15.4. The van der Waals surface area contributed by atoms with Crippen molar-refractivity contribution in [1.82, 2.24) is 4.90 Å². The largest absolute Gasteiger partial charge is 0.482 e. The minimum Gasteiger partial charge on any atom is -0.482 e. The molecule has 2 rings (SSSR count). The van der Waals surface area contributed by atoms with E-state index in [9.17, 15) is 9.59 Å². The van der Waals surface area contributed by atoms with Crippen LogP contribution in [0.2, 0.25) is 0 Å². The van der Waals surface area contributed by atoms with Crippen LogP contribution in [0.15, 0.2) is 24.3 Å². The van der Waals surface area contributed by atoms with Gasteiger partial charge in [-0.1, -0.05) is 12.1 Å². The Balaban J connectivity index is 1.94. The fourth-order valence-electron chi connectivity index (χ4n) is 2.52. The molecule has 0 atom stereocenters. The second kappa shape index (κ2) is 7.11. The Kier molecular flexibility index (Phi) is 5.20. The molecule has 0 saturated carbocycles. The summed E-state index contributed by atoms with van der Waals surface area (Å²) in [5.41, 5.74) is 0.795. The number of para-hydroxylation sites is 2. The molecule has 5 heteroatoms. The second-order valence-corrected chi connectivity index (χ2v) is 4.97. The van der Waals surface area contributed by atoms with E-state index >= 15 is 0 Å². The molecule has 0 N–H and O–H groups in total. The Hall–Kier alpha value is -2.04. The number of amides is 2. The van der Waals surface area contributed by atoms with Gasteiger partial charge >= 0.3 is 0 Å². The summed E-state index contributed by atoms with van der Waals surface area (Å²) in [4.78, 5) is 27.5. The molecule has 0 aliphatic carbocycles. The molecule has 1 heterocycles. The van der Waals surface area contributed by atoms with Gasteiger partial charge < -0.3 is 14.5 Å². The lowest BCUT2D eigenvalue weighted by atomic mass is 10.2. The molecule has 5 nitrogen and oxygen atoms in total. The van der Waals surface area contributed by atoms with Crippen LogP contribution in [0.4, 0.5) is 5.69 Å². The molecule has 114 valence electrons. The normalized spacial score (nSPS) is 13.6. The fourth-order valence-corrected chi connectivity index (χ4v) is 2.52. The average molecular weight is 290 g/mol. The van der Waals surface area contributed by atoms with Gasteiger partial charge in [0, 0.05) is 26.1 Å². The van der Waals surface area contributed by atoms with Crippen molar-refractivity contribution in [3.63, 3.8) is 0 Å². The lowest BCUT2D eigenvalue weighted by Gasteiger charge is -2.29. The highest BCUT2D eigenvalue weighted by molar-refractivity contribution is 5.97. The standard InChI is InChI=1S/C16H22N2O3/c1-3-17(4-2)15(19)10-7-11-18-13-8-5-6-9-14(13)21-12-16(18)20/h5-6,8-9H,3-4,7,10-12H2,1-2H3. The van der Waals surface area contributed by atoms with E-state index in [1.54, 1.807) is 4.90 Å². The molecule has 21 heavy (non-hydrogen) atoms. The molecular formula is C16H22N2O3. The Morgan fingerprint density at radius 3 is 2.71 bits per heavy atom. The van der Waals surface area contributed by atoms with E-state index in [2.05, 4.69) is 0 Å². The van der Waals surface area contributed by atoms with Crippen molar-refractivity contribution in [2.75, 3.05) is 31.1 Å². The average Bonchev–Trinajstić information content (AvgIpc) is 2.50. The van der Waals surface area contributed by atoms with Crippen LogP contribution in [0.5, 0.6) is 5.75 Å². The van der Waals surface area contributed by atoms with Crippen molar-refractivity contribution in [3.05, 3.63) is 24.3 Å². The highest BCUT2D eigenvalue weighted by Gasteiger charge is 2.24. The van der Waals surface area contributed by atoms with Crippen molar-refractivity contribution in [3.8, 4) is 5.75 Å². The molecule has 0 saturated heterocycles. The first-order chi connectivity index (χ1) is 10.2. The van der Waals surface area contributed by atoms with Gasteiger partial charge in [-0.05, 0) is 32.4 Å². The summed E-state index contributed by atoms with van der Waals surface area (Å²) in [7, 11) is 0. The molecule has 1 aliphatic rings. The van der Waals surface area contributed by atoms with Gasteiger partial charge in [-0.2, -0.15) is 0 Å². The third kappa shape index (κ3) is 3.54. The van der Waals surface area contributed by atoms with Gasteiger partial charge in [0.05, 0.1) is 5.69 Å². The topological polar surface area (TPSA) is 49.9 Å². The summed E-state index contributed by atoms with van der Waals surface area (Å²) in [6.45, 7) is 6.03. The second-order valence-electron chi connectivity index (χ2n) is 4.97. The van der Waals surface area contributed by atoms with E-state index in [0.717, 1.165) is 24.5 Å². The zero-order valence-electron chi connectivity index (χ0n) is 12.7. The van der Waals surface area contributed by atoms with E-state index in [1.807, 2.05) is 43.0 Å². The van der Waals surface area contributed by atoms with Crippen LogP contribution in [-0.2, 0) is 9.59 Å². The molecule has 0 aromatic heterocycles. The molecule has 1 aromatic carbocycles. The third-order valence-corrected chi connectivity index (χ3v) is 3.70. The maximum absolute atomic E-state index is 12.0. The summed E-state index contributed by atoms with van der Waals surface area (Å²) >= 11 is 0. The van der Waals surface area contributed by atoms with Gasteiger partial charge in [-0.25, -0.2) is 0 Å². The molecule has 1 aliphatic heterocycles. The summed E-state index contributed by atoms with van der Waals surface area (Å²) in [5.74, 6) is 0.824. The highest BCUT2D eigenvalue weighted by atomic mass is 16.5. The van der Waals surface area contributed by atoms with E-state index in [0.29, 0.717) is 19.4 Å². The van der Waals surface area contributed by atoms with Crippen LogP contribution in [0, 0.1) is 0 Å². The predicted octanol–water partition coefficient (Wildman–Crippen LogP) is 2.06. The molecule has 0 radical (unpaired) electrons. The summed E-state index contributed by atoms with van der Waals surface area (Å²) in [6, 6.07) is 7.50. The van der Waals surface area contributed by atoms with Crippen LogP contribution in [0.1, 0.15) is 26.7 Å². The van der Waals surface area contributed by atoms with E-state index < -0.39 is 0 Å². The number of carbonyl (C=O) groups excluding carboxylic acids is 2. The molecule has 1 aromatic rings. The van der Waals surface area contributed by atoms with Crippen LogP contribution in [0.25, 0.3) is 0 Å². The van der Waals surface area contributed by atoms with Gasteiger partial charge in [0.15, 0.2) is 6.61 Å². The lowest BCUT2D eigenvalue weighted by molar-refractivity contribution is -0.131. The zero-order chi connectivity index (χ0) is 15.2. The van der Waals surface area contributed by atoms with Crippen molar-refractivity contribution >= 4 is 17.5 Å². The highest BCUT2D eigenvalue weighted by Crippen LogP contribution is 2.31. The van der Waals surface area contributed by atoms with Crippen molar-refractivity contribution in [2.45, 2.75) is 26.7 Å². The van der Waals surface area contributed by atoms with E-state index in [-0.39, 0.29) is 18.4 Å². The number of ether oxygens (including phenoxy) is 1. The number of carbonyl (C=O) groups is 2. The van der Waals surface area contributed by atoms with Gasteiger partial charge in [0.2, 0.25) is 5.91 Å². The summed E-state index contributed by atoms with van der Waals surface area (Å²) < 4.78 is 5.40. The van der Waals surface area contributed by atoms with Gasteiger partial charge in [-0.3, -0.25) is 9.59 Å². The number of benzene rings is 1. The van der Waals surface area contributed by atoms with Crippen molar-refractivity contribution < 1.29 is 14.3 Å². The number of fused-ring (bicyclic) bond motifs is 1. The van der Waals surface area contributed by atoms with Gasteiger partial charge in [0.25, 0.3) is 5.91 Å². The van der Waals surface area contributed by atoms with Gasteiger partial charge in [-0.15, -0.1) is 0 Å². The molecule has 2 amide bonds. The van der Waals surface area contributed by atoms with Gasteiger partial charge in [0.1, 0.15) is 5.75 Å². The van der Waals surface area contributed by atoms with Crippen LogP contribution in [-0.4, -0.2) is 43.0 Å². The number of rotatable bonds is 6. The molecule has 0 bridgehead atoms. The predicted molar refractivity (Wildman–Crippen MR) is 81.5 cm³/mol. The first-order valence-corrected chi connectivity index (χ1v) is 7.47. The molecule has 0 fully saturated rings. The Morgan fingerprint density at radius 1 is 1.29 bits per heavy atom. The van der Waals surface area contributed by atoms with E-state index in [1.165, 1.54) is 0 Å². The molecule has 0 unspecified atom stereocenters.